The van der Waals surface area contributed by atoms with Gasteiger partial charge in [0.25, 0.3) is 0 Å². The normalized spacial score (nSPS) is 10.7. The van der Waals surface area contributed by atoms with Gasteiger partial charge in [0.2, 0.25) is 0 Å². The van der Waals surface area contributed by atoms with Crippen LogP contribution in [0.5, 0.6) is 0 Å². The van der Waals surface area contributed by atoms with Gasteiger partial charge in [0.1, 0.15) is 23.1 Å². The third-order valence-electron chi connectivity index (χ3n) is 3.01. The Morgan fingerprint density at radius 2 is 1.45 bits per heavy atom. The highest BCUT2D eigenvalue weighted by atomic mass is 19.1. The molecule has 0 aliphatic rings. The number of hydrogen-bond donors (Lipinski definition) is 0. The largest absolute Gasteiger partial charge is 0.248 e. The molecule has 6 heteroatoms. The SMILES string of the molecule is Fc1ccc(-c2cccc(-c3ncc(F)cc3F)n2)c(F)c1. The molecule has 3 rings (SSSR count). The molecule has 0 spiro atoms. The third kappa shape index (κ3) is 2.67. The van der Waals surface area contributed by atoms with Crippen molar-refractivity contribution in [2.45, 2.75) is 0 Å². The first-order valence-corrected chi connectivity index (χ1v) is 6.28. The van der Waals surface area contributed by atoms with Crippen molar-refractivity contribution in [3.63, 3.8) is 0 Å². The third-order valence-corrected chi connectivity index (χ3v) is 3.01. The molecule has 0 amide bonds. The molecule has 2 heterocycles. The van der Waals surface area contributed by atoms with Crippen molar-refractivity contribution in [2.75, 3.05) is 0 Å². The average Bonchev–Trinajstić information content (AvgIpc) is 2.47. The van der Waals surface area contributed by atoms with Crippen LogP contribution in [0.4, 0.5) is 17.6 Å². The first-order chi connectivity index (χ1) is 10.5. The van der Waals surface area contributed by atoms with E-state index in [4.69, 9.17) is 0 Å². The number of rotatable bonds is 2. The van der Waals surface area contributed by atoms with E-state index in [2.05, 4.69) is 9.97 Å². The lowest BCUT2D eigenvalue weighted by molar-refractivity contribution is 0.576. The van der Waals surface area contributed by atoms with E-state index in [0.29, 0.717) is 6.07 Å². The van der Waals surface area contributed by atoms with Gasteiger partial charge in [-0.05, 0) is 24.3 Å². The molecule has 2 nitrogen and oxygen atoms in total. The Hall–Kier alpha value is -2.76. The van der Waals surface area contributed by atoms with Crippen LogP contribution >= 0.6 is 0 Å². The lowest BCUT2D eigenvalue weighted by Crippen LogP contribution is -1.96. The monoisotopic (exact) mass is 304 g/mol. The van der Waals surface area contributed by atoms with Crippen LogP contribution in [0.2, 0.25) is 0 Å². The van der Waals surface area contributed by atoms with Gasteiger partial charge in [-0.1, -0.05) is 6.07 Å². The highest BCUT2D eigenvalue weighted by Gasteiger charge is 2.12. The van der Waals surface area contributed by atoms with Crippen LogP contribution < -0.4 is 0 Å². The average molecular weight is 304 g/mol. The van der Waals surface area contributed by atoms with E-state index >= 15 is 0 Å². The van der Waals surface area contributed by atoms with Crippen molar-refractivity contribution in [3.05, 3.63) is 71.9 Å². The van der Waals surface area contributed by atoms with Crippen LogP contribution in [-0.2, 0) is 0 Å². The maximum Gasteiger partial charge on any atom is 0.153 e. The molecule has 0 bridgehead atoms. The number of pyridine rings is 2. The van der Waals surface area contributed by atoms with Gasteiger partial charge in [-0.2, -0.15) is 0 Å². The number of aromatic nitrogens is 2. The summed E-state index contributed by atoms with van der Waals surface area (Å²) in [4.78, 5) is 7.76. The lowest BCUT2D eigenvalue weighted by Gasteiger charge is -2.06. The van der Waals surface area contributed by atoms with E-state index in [-0.39, 0.29) is 22.6 Å². The van der Waals surface area contributed by atoms with Crippen LogP contribution in [0.1, 0.15) is 0 Å². The number of nitrogens with zero attached hydrogens (tertiary/aromatic N) is 2. The minimum atomic E-state index is -0.871. The topological polar surface area (TPSA) is 25.8 Å². The fourth-order valence-corrected chi connectivity index (χ4v) is 2.02. The van der Waals surface area contributed by atoms with E-state index in [1.165, 1.54) is 24.3 Å². The summed E-state index contributed by atoms with van der Waals surface area (Å²) in [6, 6.07) is 8.27. The van der Waals surface area contributed by atoms with Gasteiger partial charge in [0.15, 0.2) is 5.82 Å². The molecule has 1 aromatic carbocycles. The summed E-state index contributed by atoms with van der Waals surface area (Å²) in [5, 5.41) is 0. The summed E-state index contributed by atoms with van der Waals surface area (Å²) < 4.78 is 53.4. The molecule has 2 aromatic heterocycles. The Labute approximate surface area is 123 Å². The number of benzene rings is 1. The second kappa shape index (κ2) is 5.55. The summed E-state index contributed by atoms with van der Waals surface area (Å²) in [5.74, 6) is -3.16. The Balaban J connectivity index is 2.10. The van der Waals surface area contributed by atoms with Gasteiger partial charge in [0, 0.05) is 17.7 Å². The van der Waals surface area contributed by atoms with Crippen LogP contribution in [-0.4, -0.2) is 9.97 Å². The van der Waals surface area contributed by atoms with E-state index in [1.54, 1.807) is 0 Å². The summed E-state index contributed by atoms with van der Waals surface area (Å²) in [6.45, 7) is 0. The van der Waals surface area contributed by atoms with Gasteiger partial charge in [-0.25, -0.2) is 27.5 Å². The van der Waals surface area contributed by atoms with E-state index in [9.17, 15) is 17.6 Å². The van der Waals surface area contributed by atoms with E-state index in [1.807, 2.05) is 0 Å². The molecule has 3 aromatic rings. The predicted octanol–water partition coefficient (Wildman–Crippen LogP) is 4.37. The predicted molar refractivity (Wildman–Crippen MR) is 72.7 cm³/mol. The molecule has 0 N–H and O–H groups in total. The molecule has 0 saturated carbocycles. The minimum Gasteiger partial charge on any atom is -0.248 e. The molecule has 0 unspecified atom stereocenters. The smallest absolute Gasteiger partial charge is 0.153 e. The Bertz CT molecular complexity index is 783. The van der Waals surface area contributed by atoms with Crippen molar-refractivity contribution in [1.82, 2.24) is 9.97 Å². The minimum absolute atomic E-state index is 0.0748. The van der Waals surface area contributed by atoms with Crippen molar-refractivity contribution < 1.29 is 17.6 Å². The molecule has 110 valence electrons. The van der Waals surface area contributed by atoms with Crippen molar-refractivity contribution >= 4 is 0 Å². The number of hydrogen-bond acceptors (Lipinski definition) is 2. The van der Waals surface area contributed by atoms with Gasteiger partial charge in [-0.3, -0.25) is 0 Å². The van der Waals surface area contributed by atoms with Crippen molar-refractivity contribution in [1.29, 1.82) is 0 Å². The van der Waals surface area contributed by atoms with Crippen LogP contribution in [0.15, 0.2) is 48.7 Å². The van der Waals surface area contributed by atoms with Crippen LogP contribution in [0.3, 0.4) is 0 Å². The summed E-state index contributed by atoms with van der Waals surface area (Å²) in [6.07, 6.45) is 0.866. The van der Waals surface area contributed by atoms with E-state index in [0.717, 1.165) is 18.3 Å². The first-order valence-electron chi connectivity index (χ1n) is 6.28. The maximum absolute atomic E-state index is 13.8. The molecule has 0 saturated heterocycles. The molecule has 0 radical (unpaired) electrons. The van der Waals surface area contributed by atoms with Crippen molar-refractivity contribution in [3.8, 4) is 22.6 Å². The molecular weight excluding hydrogens is 296 g/mol. The van der Waals surface area contributed by atoms with Gasteiger partial charge in [0.05, 0.1) is 17.6 Å². The Kier molecular flexibility index (Phi) is 3.58. The Morgan fingerprint density at radius 1 is 0.727 bits per heavy atom. The van der Waals surface area contributed by atoms with Gasteiger partial charge < -0.3 is 0 Å². The Morgan fingerprint density at radius 3 is 2.18 bits per heavy atom. The summed E-state index contributed by atoms with van der Waals surface area (Å²) in [7, 11) is 0. The zero-order valence-corrected chi connectivity index (χ0v) is 11.0. The standard InChI is InChI=1S/C16H8F4N2/c17-9-4-5-11(12(19)6-9)14-2-1-3-15(22-14)16-13(20)7-10(18)8-21-16/h1-8H. The molecular formula is C16H8F4N2. The highest BCUT2D eigenvalue weighted by Crippen LogP contribution is 2.25. The van der Waals surface area contributed by atoms with Crippen LogP contribution in [0, 0.1) is 23.3 Å². The van der Waals surface area contributed by atoms with Gasteiger partial charge >= 0.3 is 0 Å². The fourth-order valence-electron chi connectivity index (χ4n) is 2.02. The van der Waals surface area contributed by atoms with Crippen LogP contribution in [0.25, 0.3) is 22.6 Å². The van der Waals surface area contributed by atoms with E-state index < -0.39 is 23.3 Å². The molecule has 0 fully saturated rings. The molecule has 0 atom stereocenters. The molecule has 22 heavy (non-hydrogen) atoms. The molecule has 0 aliphatic heterocycles. The summed E-state index contributed by atoms with van der Waals surface area (Å²) >= 11 is 0. The lowest BCUT2D eigenvalue weighted by atomic mass is 10.1. The summed E-state index contributed by atoms with van der Waals surface area (Å²) in [5.41, 5.74) is 0.246. The second-order valence-electron chi connectivity index (χ2n) is 4.52. The highest BCUT2D eigenvalue weighted by molar-refractivity contribution is 5.64. The zero-order valence-electron chi connectivity index (χ0n) is 11.0. The number of halogens is 4. The van der Waals surface area contributed by atoms with Gasteiger partial charge in [-0.15, -0.1) is 0 Å². The molecule has 0 aliphatic carbocycles. The van der Waals surface area contributed by atoms with Crippen molar-refractivity contribution in [2.24, 2.45) is 0 Å². The fraction of sp³-hybridized carbons (Fsp3) is 0. The second-order valence-corrected chi connectivity index (χ2v) is 4.52. The first kappa shape index (κ1) is 14.2. The quantitative estimate of drug-likeness (QED) is 0.657. The zero-order chi connectivity index (χ0) is 15.7. The maximum atomic E-state index is 13.8.